The van der Waals surface area contributed by atoms with Crippen molar-refractivity contribution in [1.82, 2.24) is 4.90 Å². The van der Waals surface area contributed by atoms with Crippen LogP contribution in [0.25, 0.3) is 0 Å². The van der Waals surface area contributed by atoms with E-state index in [4.69, 9.17) is 0 Å². The number of halogens is 1. The van der Waals surface area contributed by atoms with Crippen LogP contribution in [0.5, 0.6) is 0 Å². The maximum absolute atomic E-state index is 10.6. The number of hydrogen-bond acceptors (Lipinski definition) is 4. The average molecular weight is 316 g/mol. The third-order valence-electron chi connectivity index (χ3n) is 2.57. The number of nitro benzene ring substituents is 1. The van der Waals surface area contributed by atoms with Gasteiger partial charge in [0.1, 0.15) is 0 Å². The van der Waals surface area contributed by atoms with Gasteiger partial charge in [-0.25, -0.2) is 0 Å². The first-order valence-corrected chi connectivity index (χ1v) is 6.54. The third-order valence-corrected chi connectivity index (χ3v) is 3.23. The summed E-state index contributed by atoms with van der Waals surface area (Å²) in [4.78, 5) is 12.4. The Labute approximate surface area is 115 Å². The zero-order valence-electron chi connectivity index (χ0n) is 10.8. The van der Waals surface area contributed by atoms with Crippen LogP contribution in [0.1, 0.15) is 13.3 Å². The van der Waals surface area contributed by atoms with Gasteiger partial charge in [-0.05, 0) is 56.0 Å². The van der Waals surface area contributed by atoms with Crippen molar-refractivity contribution >= 4 is 27.3 Å². The van der Waals surface area contributed by atoms with E-state index in [1.165, 1.54) is 12.1 Å². The van der Waals surface area contributed by atoms with Gasteiger partial charge in [0.2, 0.25) is 0 Å². The highest BCUT2D eigenvalue weighted by Gasteiger charge is 2.10. The summed E-state index contributed by atoms with van der Waals surface area (Å²) < 4.78 is 0.716. The molecule has 1 aromatic rings. The molecule has 18 heavy (non-hydrogen) atoms. The topological polar surface area (TPSA) is 58.4 Å². The van der Waals surface area contributed by atoms with E-state index in [1.807, 2.05) is 14.1 Å². The van der Waals surface area contributed by atoms with E-state index in [2.05, 4.69) is 33.1 Å². The summed E-state index contributed by atoms with van der Waals surface area (Å²) in [6, 6.07) is 5.06. The van der Waals surface area contributed by atoms with Crippen LogP contribution in [0, 0.1) is 10.1 Å². The lowest BCUT2D eigenvalue weighted by atomic mass is 10.2. The SMILES string of the molecule is CC(CCN(C)C)Nc1ccc([N+](=O)[O-])cc1Br. The second kappa shape index (κ2) is 6.70. The van der Waals surface area contributed by atoms with Crippen molar-refractivity contribution in [1.29, 1.82) is 0 Å². The van der Waals surface area contributed by atoms with Crippen LogP contribution in [0.2, 0.25) is 0 Å². The molecule has 1 aromatic carbocycles. The number of hydrogen-bond donors (Lipinski definition) is 1. The van der Waals surface area contributed by atoms with Gasteiger partial charge in [-0.2, -0.15) is 0 Å². The summed E-state index contributed by atoms with van der Waals surface area (Å²) in [7, 11) is 4.07. The molecule has 0 aliphatic heterocycles. The molecule has 0 aromatic heterocycles. The molecular formula is C12H18BrN3O2. The fraction of sp³-hybridized carbons (Fsp3) is 0.500. The highest BCUT2D eigenvalue weighted by Crippen LogP contribution is 2.27. The number of anilines is 1. The van der Waals surface area contributed by atoms with Gasteiger partial charge in [-0.1, -0.05) is 0 Å². The Kier molecular flexibility index (Phi) is 5.55. The van der Waals surface area contributed by atoms with Crippen molar-refractivity contribution in [3.05, 3.63) is 32.8 Å². The molecule has 0 saturated heterocycles. The number of benzene rings is 1. The van der Waals surface area contributed by atoms with E-state index in [0.717, 1.165) is 18.7 Å². The fourth-order valence-electron chi connectivity index (χ4n) is 1.52. The number of nitrogens with zero attached hydrogens (tertiary/aromatic N) is 2. The van der Waals surface area contributed by atoms with Gasteiger partial charge in [0.05, 0.1) is 4.92 Å². The molecule has 100 valence electrons. The van der Waals surface area contributed by atoms with Crippen molar-refractivity contribution in [2.24, 2.45) is 0 Å². The zero-order chi connectivity index (χ0) is 13.7. The standard InChI is InChI=1S/C12H18BrN3O2/c1-9(6-7-15(2)3)14-12-5-4-10(16(17)18)8-11(12)13/h4-5,8-9,14H,6-7H2,1-3H3. The van der Waals surface area contributed by atoms with Crippen molar-refractivity contribution in [2.45, 2.75) is 19.4 Å². The number of non-ortho nitro benzene ring substituents is 1. The Morgan fingerprint density at radius 3 is 2.67 bits per heavy atom. The van der Waals surface area contributed by atoms with E-state index in [-0.39, 0.29) is 5.69 Å². The normalized spacial score (nSPS) is 12.5. The lowest BCUT2D eigenvalue weighted by molar-refractivity contribution is -0.384. The van der Waals surface area contributed by atoms with Crippen LogP contribution in [-0.2, 0) is 0 Å². The van der Waals surface area contributed by atoms with Crippen LogP contribution in [0.3, 0.4) is 0 Å². The van der Waals surface area contributed by atoms with Crippen molar-refractivity contribution in [2.75, 3.05) is 26.0 Å². The molecule has 1 N–H and O–H groups in total. The first-order valence-electron chi connectivity index (χ1n) is 5.75. The molecule has 0 bridgehead atoms. The summed E-state index contributed by atoms with van der Waals surface area (Å²) in [6.45, 7) is 3.09. The highest BCUT2D eigenvalue weighted by molar-refractivity contribution is 9.10. The average Bonchev–Trinajstić information content (AvgIpc) is 2.29. The minimum Gasteiger partial charge on any atom is -0.382 e. The van der Waals surface area contributed by atoms with Crippen LogP contribution >= 0.6 is 15.9 Å². The molecule has 0 amide bonds. The van der Waals surface area contributed by atoms with Gasteiger partial charge in [-0.3, -0.25) is 10.1 Å². The second-order valence-corrected chi connectivity index (χ2v) is 5.41. The molecule has 0 fully saturated rings. The van der Waals surface area contributed by atoms with E-state index in [1.54, 1.807) is 6.07 Å². The van der Waals surface area contributed by atoms with Gasteiger partial charge in [0, 0.05) is 28.3 Å². The van der Waals surface area contributed by atoms with E-state index >= 15 is 0 Å². The molecule has 0 aliphatic rings. The minimum atomic E-state index is -0.399. The van der Waals surface area contributed by atoms with Gasteiger partial charge in [0.15, 0.2) is 0 Å². The maximum Gasteiger partial charge on any atom is 0.270 e. The lowest BCUT2D eigenvalue weighted by Crippen LogP contribution is -2.23. The van der Waals surface area contributed by atoms with E-state index in [9.17, 15) is 10.1 Å². The van der Waals surface area contributed by atoms with Crippen molar-refractivity contribution in [3.63, 3.8) is 0 Å². The fourth-order valence-corrected chi connectivity index (χ4v) is 2.01. The van der Waals surface area contributed by atoms with Crippen LogP contribution in [-0.4, -0.2) is 36.5 Å². The Bertz CT molecular complexity index is 424. The first-order chi connectivity index (χ1) is 8.40. The summed E-state index contributed by atoms with van der Waals surface area (Å²) in [5.74, 6) is 0. The molecule has 0 aliphatic carbocycles. The van der Waals surface area contributed by atoms with Crippen molar-refractivity contribution < 1.29 is 4.92 Å². The second-order valence-electron chi connectivity index (χ2n) is 4.56. The quantitative estimate of drug-likeness (QED) is 0.647. The van der Waals surface area contributed by atoms with Crippen LogP contribution in [0.15, 0.2) is 22.7 Å². The van der Waals surface area contributed by atoms with Gasteiger partial charge >= 0.3 is 0 Å². The number of nitro groups is 1. The Balaban J connectivity index is 2.64. The summed E-state index contributed by atoms with van der Waals surface area (Å²) in [5.41, 5.74) is 0.972. The summed E-state index contributed by atoms with van der Waals surface area (Å²) in [5, 5.41) is 14.0. The van der Waals surface area contributed by atoms with Crippen molar-refractivity contribution in [3.8, 4) is 0 Å². The summed E-state index contributed by atoms with van der Waals surface area (Å²) >= 11 is 3.35. The molecule has 1 atom stereocenters. The maximum atomic E-state index is 10.6. The molecule has 1 unspecified atom stereocenters. The predicted octanol–water partition coefficient (Wildman–Crippen LogP) is 3.11. The van der Waals surface area contributed by atoms with Gasteiger partial charge in [0.25, 0.3) is 5.69 Å². The Morgan fingerprint density at radius 1 is 1.50 bits per heavy atom. The van der Waals surface area contributed by atoms with E-state index in [0.29, 0.717) is 10.5 Å². The molecule has 6 heteroatoms. The minimum absolute atomic E-state index is 0.0911. The zero-order valence-corrected chi connectivity index (χ0v) is 12.4. The molecule has 0 heterocycles. The largest absolute Gasteiger partial charge is 0.382 e. The Hall–Kier alpha value is -1.14. The first kappa shape index (κ1) is 14.9. The molecular weight excluding hydrogens is 298 g/mol. The Morgan fingerprint density at radius 2 is 2.17 bits per heavy atom. The molecule has 0 radical (unpaired) electrons. The smallest absolute Gasteiger partial charge is 0.270 e. The third kappa shape index (κ3) is 4.62. The predicted molar refractivity (Wildman–Crippen MR) is 77.1 cm³/mol. The van der Waals surface area contributed by atoms with Gasteiger partial charge in [-0.15, -0.1) is 0 Å². The highest BCUT2D eigenvalue weighted by atomic mass is 79.9. The molecule has 5 nitrogen and oxygen atoms in total. The molecule has 0 spiro atoms. The number of nitrogens with one attached hydrogen (secondary N) is 1. The van der Waals surface area contributed by atoms with Crippen LogP contribution < -0.4 is 5.32 Å². The monoisotopic (exact) mass is 315 g/mol. The number of rotatable bonds is 6. The summed E-state index contributed by atoms with van der Waals surface area (Å²) in [6.07, 6.45) is 1.01. The molecule has 0 saturated carbocycles. The lowest BCUT2D eigenvalue weighted by Gasteiger charge is -2.18. The van der Waals surface area contributed by atoms with E-state index < -0.39 is 4.92 Å². The van der Waals surface area contributed by atoms with Gasteiger partial charge < -0.3 is 10.2 Å². The molecule has 1 rings (SSSR count). The van der Waals surface area contributed by atoms with Crippen LogP contribution in [0.4, 0.5) is 11.4 Å².